The lowest BCUT2D eigenvalue weighted by molar-refractivity contribution is 0.726. The van der Waals surface area contributed by atoms with Crippen molar-refractivity contribution in [3.63, 3.8) is 0 Å². The third-order valence-corrected chi connectivity index (χ3v) is 3.78. The Morgan fingerprint density at radius 1 is 1.20 bits per heavy atom. The molecule has 0 heterocycles. The zero-order valence-corrected chi connectivity index (χ0v) is 11.2. The monoisotopic (exact) mass is 282 g/mol. The van der Waals surface area contributed by atoms with E-state index in [1.54, 1.807) is 6.07 Å². The molecule has 0 aliphatic carbocycles. The molecule has 1 rings (SSSR count). The second kappa shape index (κ2) is 5.45. The normalized spacial score (nSPS) is 12.6. The van der Waals surface area contributed by atoms with Gasteiger partial charge in [0.05, 0.1) is 20.1 Å². The molecule has 1 aromatic carbocycles. The van der Waals surface area contributed by atoms with Crippen molar-refractivity contribution in [1.82, 2.24) is 0 Å². The molecule has 0 aliphatic heterocycles. The van der Waals surface area contributed by atoms with Gasteiger partial charge >= 0.3 is 0 Å². The summed E-state index contributed by atoms with van der Waals surface area (Å²) in [6.45, 7) is 5.73. The minimum atomic E-state index is 0.273. The third-order valence-electron chi connectivity index (χ3n) is 2.13. The van der Waals surface area contributed by atoms with Crippen molar-refractivity contribution < 1.29 is 0 Å². The molecule has 0 N–H and O–H groups in total. The average Bonchev–Trinajstić information content (AvgIpc) is 2.21. The van der Waals surface area contributed by atoms with Crippen LogP contribution in [-0.2, 0) is 6.42 Å². The number of halogens is 4. The van der Waals surface area contributed by atoms with E-state index in [2.05, 4.69) is 6.58 Å². The summed E-state index contributed by atoms with van der Waals surface area (Å²) in [5.41, 5.74) is 0.781. The van der Waals surface area contributed by atoms with Gasteiger partial charge in [0.2, 0.25) is 0 Å². The number of hydrogen-bond acceptors (Lipinski definition) is 0. The van der Waals surface area contributed by atoms with Crippen LogP contribution in [0.1, 0.15) is 12.5 Å². The quantitative estimate of drug-likeness (QED) is 0.496. The van der Waals surface area contributed by atoms with Gasteiger partial charge in [-0.15, -0.1) is 6.58 Å². The number of allylic oxidation sites excluding steroid dienone is 1. The van der Waals surface area contributed by atoms with Gasteiger partial charge in [0.25, 0.3) is 0 Å². The topological polar surface area (TPSA) is 0 Å². The van der Waals surface area contributed by atoms with Gasteiger partial charge in [-0.2, -0.15) is 0 Å². The first kappa shape index (κ1) is 13.2. The molecule has 0 nitrogen and oxygen atoms in total. The van der Waals surface area contributed by atoms with Crippen molar-refractivity contribution in [2.45, 2.75) is 13.3 Å². The molecule has 0 bridgehead atoms. The van der Waals surface area contributed by atoms with E-state index in [4.69, 9.17) is 46.4 Å². The minimum Gasteiger partial charge on any atom is -0.103 e. The fraction of sp³-hybridized carbons (Fsp3) is 0.273. The van der Waals surface area contributed by atoms with Crippen molar-refractivity contribution in [1.29, 1.82) is 0 Å². The van der Waals surface area contributed by atoms with E-state index in [9.17, 15) is 0 Å². The second-order valence-corrected chi connectivity index (χ2v) is 4.93. The summed E-state index contributed by atoms with van der Waals surface area (Å²) in [5, 5.41) is 1.80. The van der Waals surface area contributed by atoms with Gasteiger partial charge in [-0.3, -0.25) is 0 Å². The van der Waals surface area contributed by atoms with Gasteiger partial charge in [0.15, 0.2) is 0 Å². The van der Waals surface area contributed by atoms with Gasteiger partial charge in [-0.1, -0.05) is 59.4 Å². The molecule has 15 heavy (non-hydrogen) atoms. The third kappa shape index (κ3) is 3.04. The minimum absolute atomic E-state index is 0.273. The average molecular weight is 284 g/mol. The fourth-order valence-electron chi connectivity index (χ4n) is 1.21. The highest BCUT2D eigenvalue weighted by Crippen LogP contribution is 2.38. The molecule has 1 atom stereocenters. The van der Waals surface area contributed by atoms with Crippen molar-refractivity contribution in [2.75, 3.05) is 0 Å². The van der Waals surface area contributed by atoms with Gasteiger partial charge in [0.1, 0.15) is 0 Å². The van der Waals surface area contributed by atoms with Crippen LogP contribution >= 0.6 is 46.4 Å². The number of benzene rings is 1. The van der Waals surface area contributed by atoms with E-state index in [0.717, 1.165) is 5.56 Å². The zero-order chi connectivity index (χ0) is 11.6. The summed E-state index contributed by atoms with van der Waals surface area (Å²) in [5.74, 6) is 0.273. The first-order valence-electron chi connectivity index (χ1n) is 4.41. The molecular weight excluding hydrogens is 274 g/mol. The first-order chi connectivity index (χ1) is 6.97. The molecular formula is C11H10Cl4. The van der Waals surface area contributed by atoms with Crippen LogP contribution < -0.4 is 0 Å². The largest absolute Gasteiger partial charge is 0.103 e. The lowest BCUT2D eigenvalue weighted by Crippen LogP contribution is -1.98. The molecule has 0 aromatic heterocycles. The molecule has 1 unspecified atom stereocenters. The first-order valence-corrected chi connectivity index (χ1v) is 5.93. The molecule has 0 saturated carbocycles. The predicted molar refractivity (Wildman–Crippen MR) is 69.5 cm³/mol. The maximum atomic E-state index is 6.06. The maximum absolute atomic E-state index is 6.06. The Balaban J connectivity index is 3.20. The van der Waals surface area contributed by atoms with Gasteiger partial charge in [-0.05, 0) is 24.0 Å². The Labute approximate surface area is 110 Å². The molecule has 82 valence electrons. The standard InChI is InChI=1S/C11H10Cl4/c1-3-6(2)4-7-10(14)8(12)5-9(13)11(7)15/h3,5-6H,1,4H2,2H3. The van der Waals surface area contributed by atoms with Crippen LogP contribution in [0.15, 0.2) is 18.7 Å². The molecule has 0 fully saturated rings. The Morgan fingerprint density at radius 2 is 1.67 bits per heavy atom. The summed E-state index contributed by atoms with van der Waals surface area (Å²) in [7, 11) is 0. The van der Waals surface area contributed by atoms with Crippen LogP contribution in [0.25, 0.3) is 0 Å². The molecule has 0 saturated heterocycles. The van der Waals surface area contributed by atoms with Gasteiger partial charge in [-0.25, -0.2) is 0 Å². The summed E-state index contributed by atoms with van der Waals surface area (Å²) < 4.78 is 0. The van der Waals surface area contributed by atoms with Crippen LogP contribution in [0.4, 0.5) is 0 Å². The van der Waals surface area contributed by atoms with Crippen molar-refractivity contribution in [3.05, 3.63) is 44.4 Å². The number of rotatable bonds is 3. The van der Waals surface area contributed by atoms with Crippen LogP contribution in [0, 0.1) is 5.92 Å². The van der Waals surface area contributed by atoms with Crippen LogP contribution in [0.5, 0.6) is 0 Å². The Bertz CT molecular complexity index is 358. The van der Waals surface area contributed by atoms with E-state index in [-0.39, 0.29) is 5.92 Å². The molecule has 0 aliphatic rings. The Hall–Kier alpha value is 0.120. The molecule has 1 aromatic rings. The maximum Gasteiger partial charge on any atom is 0.0640 e. The SMILES string of the molecule is C=CC(C)Cc1c(Cl)c(Cl)cc(Cl)c1Cl. The molecule has 0 spiro atoms. The highest BCUT2D eigenvalue weighted by Gasteiger charge is 2.15. The molecule has 4 heteroatoms. The van der Waals surface area contributed by atoms with E-state index in [0.29, 0.717) is 26.5 Å². The van der Waals surface area contributed by atoms with Crippen LogP contribution in [-0.4, -0.2) is 0 Å². The van der Waals surface area contributed by atoms with E-state index in [1.807, 2.05) is 13.0 Å². The predicted octanol–water partition coefficient (Wildman–Crippen LogP) is 5.66. The smallest absolute Gasteiger partial charge is 0.0640 e. The van der Waals surface area contributed by atoms with Crippen LogP contribution in [0.3, 0.4) is 0 Å². The van der Waals surface area contributed by atoms with E-state index in [1.165, 1.54) is 0 Å². The molecule has 0 radical (unpaired) electrons. The highest BCUT2D eigenvalue weighted by molar-refractivity contribution is 6.48. The van der Waals surface area contributed by atoms with Crippen LogP contribution in [0.2, 0.25) is 20.1 Å². The Kier molecular flexibility index (Phi) is 4.79. The molecule has 0 amide bonds. The summed E-state index contributed by atoms with van der Waals surface area (Å²) in [6.07, 6.45) is 2.52. The summed E-state index contributed by atoms with van der Waals surface area (Å²) >= 11 is 24.0. The summed E-state index contributed by atoms with van der Waals surface area (Å²) in [6, 6.07) is 1.55. The van der Waals surface area contributed by atoms with Crippen molar-refractivity contribution in [2.24, 2.45) is 5.92 Å². The lowest BCUT2D eigenvalue weighted by Gasteiger charge is -2.12. The fourth-order valence-corrected chi connectivity index (χ4v) is 2.21. The number of hydrogen-bond donors (Lipinski definition) is 0. The lowest BCUT2D eigenvalue weighted by atomic mass is 10.0. The van der Waals surface area contributed by atoms with Crippen molar-refractivity contribution >= 4 is 46.4 Å². The second-order valence-electron chi connectivity index (χ2n) is 3.36. The van der Waals surface area contributed by atoms with E-state index >= 15 is 0 Å². The van der Waals surface area contributed by atoms with Gasteiger partial charge in [0, 0.05) is 0 Å². The highest BCUT2D eigenvalue weighted by atomic mass is 35.5. The van der Waals surface area contributed by atoms with Crippen molar-refractivity contribution in [3.8, 4) is 0 Å². The zero-order valence-electron chi connectivity index (χ0n) is 8.16. The van der Waals surface area contributed by atoms with E-state index < -0.39 is 0 Å². The Morgan fingerprint density at radius 3 is 2.07 bits per heavy atom. The summed E-state index contributed by atoms with van der Waals surface area (Å²) in [4.78, 5) is 0. The van der Waals surface area contributed by atoms with Gasteiger partial charge < -0.3 is 0 Å².